The molecule has 2 rings (SSSR count). The summed E-state index contributed by atoms with van der Waals surface area (Å²) < 4.78 is 38.2. The van der Waals surface area contributed by atoms with Gasteiger partial charge in [-0.15, -0.1) is 0 Å². The summed E-state index contributed by atoms with van der Waals surface area (Å²) in [5.41, 5.74) is -0.341. The molecule has 0 aliphatic carbocycles. The quantitative estimate of drug-likeness (QED) is 0.549. The molecule has 0 heterocycles. The number of anilines is 1. The molecule has 0 aliphatic rings. The van der Waals surface area contributed by atoms with Gasteiger partial charge in [0.05, 0.1) is 5.56 Å². The molecule has 0 spiro atoms. The van der Waals surface area contributed by atoms with Gasteiger partial charge in [-0.3, -0.25) is 4.79 Å². The molecule has 30 heavy (non-hydrogen) atoms. The molecule has 160 valence electrons. The molecule has 10 heteroatoms. The van der Waals surface area contributed by atoms with Crippen molar-refractivity contribution in [1.82, 2.24) is 10.6 Å². The summed E-state index contributed by atoms with van der Waals surface area (Å²) in [7, 11) is 0. The molecule has 0 bridgehead atoms. The van der Waals surface area contributed by atoms with Gasteiger partial charge in [-0.25, -0.2) is 9.59 Å². The maximum atomic E-state index is 12.7. The molecule has 0 aromatic heterocycles. The highest BCUT2D eigenvalue weighted by Crippen LogP contribution is 2.30. The first-order valence-electron chi connectivity index (χ1n) is 8.88. The van der Waals surface area contributed by atoms with Crippen LogP contribution in [0.25, 0.3) is 0 Å². The summed E-state index contributed by atoms with van der Waals surface area (Å²) in [6.07, 6.45) is -4.52. The van der Waals surface area contributed by atoms with Gasteiger partial charge in [-0.1, -0.05) is 36.4 Å². The monoisotopic (exact) mass is 423 g/mol. The van der Waals surface area contributed by atoms with E-state index in [9.17, 15) is 32.7 Å². The number of benzene rings is 2. The second kappa shape index (κ2) is 9.77. The number of nitrogens with one attached hydrogen (secondary N) is 3. The van der Waals surface area contributed by atoms with E-state index < -0.39 is 41.7 Å². The van der Waals surface area contributed by atoms with Crippen LogP contribution in [0.1, 0.15) is 18.1 Å². The van der Waals surface area contributed by atoms with Crippen molar-refractivity contribution in [2.75, 3.05) is 5.32 Å². The van der Waals surface area contributed by atoms with Crippen LogP contribution in [0.3, 0.4) is 0 Å². The standard InChI is InChI=1S/C20H20F3N3O4/c1-12(17(27)26-16(18(28)29)10-13-6-3-2-4-7-13)24-19(30)25-15-9-5-8-14(11-15)20(21,22)23/h2-9,11-12,16H,10H2,1H3,(H,26,27)(H,28,29)(H2,24,25,30)/t12-,16+/m1/s1. The fourth-order valence-corrected chi connectivity index (χ4v) is 2.55. The van der Waals surface area contributed by atoms with Gasteiger partial charge in [0, 0.05) is 12.1 Å². The van der Waals surface area contributed by atoms with E-state index in [1.165, 1.54) is 13.0 Å². The Labute approximate surface area is 170 Å². The first-order chi connectivity index (χ1) is 14.1. The SMILES string of the molecule is C[C@@H](NC(=O)Nc1cccc(C(F)(F)F)c1)C(=O)N[C@@H](Cc1ccccc1)C(=O)O. The van der Waals surface area contributed by atoms with E-state index in [1.807, 2.05) is 0 Å². The Hall–Kier alpha value is -3.56. The van der Waals surface area contributed by atoms with Crippen molar-refractivity contribution < 1.29 is 32.7 Å². The van der Waals surface area contributed by atoms with Gasteiger partial charge < -0.3 is 21.1 Å². The van der Waals surface area contributed by atoms with Gasteiger partial charge in [0.15, 0.2) is 0 Å². The normalized spacial score (nSPS) is 13.1. The van der Waals surface area contributed by atoms with Crippen LogP contribution in [-0.2, 0) is 22.2 Å². The molecule has 0 saturated carbocycles. The van der Waals surface area contributed by atoms with Crippen molar-refractivity contribution in [2.45, 2.75) is 31.6 Å². The molecule has 7 nitrogen and oxygen atoms in total. The summed E-state index contributed by atoms with van der Waals surface area (Å²) >= 11 is 0. The predicted molar refractivity (Wildman–Crippen MR) is 103 cm³/mol. The van der Waals surface area contributed by atoms with Gasteiger partial charge in [-0.2, -0.15) is 13.2 Å². The van der Waals surface area contributed by atoms with Crippen LogP contribution in [-0.4, -0.2) is 35.1 Å². The molecular formula is C20H20F3N3O4. The highest BCUT2D eigenvalue weighted by molar-refractivity contribution is 5.94. The topological polar surface area (TPSA) is 108 Å². The Morgan fingerprint density at radius 2 is 1.67 bits per heavy atom. The smallest absolute Gasteiger partial charge is 0.416 e. The number of carbonyl (C=O) groups excluding carboxylic acids is 2. The van der Waals surface area contributed by atoms with Gasteiger partial charge >= 0.3 is 18.2 Å². The Kier molecular flexibility index (Phi) is 7.40. The number of halogens is 3. The minimum atomic E-state index is -4.56. The first kappa shape index (κ1) is 22.7. The van der Waals surface area contributed by atoms with E-state index in [0.717, 1.165) is 18.2 Å². The second-order valence-electron chi connectivity index (χ2n) is 6.49. The number of alkyl halides is 3. The molecule has 2 aromatic rings. The van der Waals surface area contributed by atoms with E-state index in [2.05, 4.69) is 16.0 Å². The van der Waals surface area contributed by atoms with Crippen LogP contribution in [0.15, 0.2) is 54.6 Å². The summed E-state index contributed by atoms with van der Waals surface area (Å²) in [5.74, 6) is -2.00. The molecule has 3 amide bonds. The fraction of sp³-hybridized carbons (Fsp3) is 0.250. The lowest BCUT2D eigenvalue weighted by Crippen LogP contribution is -2.51. The number of carboxylic acids is 1. The molecule has 0 saturated heterocycles. The van der Waals surface area contributed by atoms with Crippen LogP contribution < -0.4 is 16.0 Å². The molecule has 2 aromatic carbocycles. The lowest BCUT2D eigenvalue weighted by atomic mass is 10.1. The summed E-state index contributed by atoms with van der Waals surface area (Å²) in [4.78, 5) is 35.7. The van der Waals surface area contributed by atoms with Crippen LogP contribution in [0.4, 0.5) is 23.7 Å². The molecular weight excluding hydrogens is 403 g/mol. The number of rotatable bonds is 7. The highest BCUT2D eigenvalue weighted by atomic mass is 19.4. The Bertz CT molecular complexity index is 904. The Balaban J connectivity index is 1.94. The third-order valence-electron chi connectivity index (χ3n) is 4.09. The second-order valence-corrected chi connectivity index (χ2v) is 6.49. The Morgan fingerprint density at radius 3 is 2.27 bits per heavy atom. The van der Waals surface area contributed by atoms with Crippen LogP contribution >= 0.6 is 0 Å². The summed E-state index contributed by atoms with van der Waals surface area (Å²) in [6.45, 7) is 1.32. The number of aliphatic carboxylic acids is 1. The van der Waals surface area contributed by atoms with Crippen molar-refractivity contribution in [3.8, 4) is 0 Å². The maximum Gasteiger partial charge on any atom is 0.416 e. The lowest BCUT2D eigenvalue weighted by Gasteiger charge is -2.19. The molecule has 0 radical (unpaired) electrons. The average molecular weight is 423 g/mol. The van der Waals surface area contributed by atoms with Crippen molar-refractivity contribution in [3.05, 3.63) is 65.7 Å². The minimum Gasteiger partial charge on any atom is -0.480 e. The van der Waals surface area contributed by atoms with Crippen LogP contribution in [0.2, 0.25) is 0 Å². The zero-order valence-electron chi connectivity index (χ0n) is 15.9. The molecule has 2 atom stereocenters. The molecule has 0 fully saturated rings. The van der Waals surface area contributed by atoms with Crippen molar-refractivity contribution in [3.63, 3.8) is 0 Å². The van der Waals surface area contributed by atoms with Crippen molar-refractivity contribution in [1.29, 1.82) is 0 Å². The zero-order valence-corrected chi connectivity index (χ0v) is 15.9. The Morgan fingerprint density at radius 1 is 1.00 bits per heavy atom. The number of urea groups is 1. The molecule has 0 unspecified atom stereocenters. The lowest BCUT2D eigenvalue weighted by molar-refractivity contribution is -0.142. The number of hydrogen-bond donors (Lipinski definition) is 4. The van der Waals surface area contributed by atoms with E-state index in [4.69, 9.17) is 0 Å². The van der Waals surface area contributed by atoms with Gasteiger partial charge in [0.25, 0.3) is 0 Å². The molecule has 4 N–H and O–H groups in total. The highest BCUT2D eigenvalue weighted by Gasteiger charge is 2.30. The first-order valence-corrected chi connectivity index (χ1v) is 8.88. The fourth-order valence-electron chi connectivity index (χ4n) is 2.55. The van der Waals surface area contributed by atoms with Crippen molar-refractivity contribution in [2.24, 2.45) is 0 Å². The van der Waals surface area contributed by atoms with E-state index in [0.29, 0.717) is 5.56 Å². The van der Waals surface area contributed by atoms with E-state index in [-0.39, 0.29) is 12.1 Å². The van der Waals surface area contributed by atoms with E-state index >= 15 is 0 Å². The third-order valence-corrected chi connectivity index (χ3v) is 4.09. The average Bonchev–Trinajstić information content (AvgIpc) is 2.67. The number of carboxylic acid groups (broad SMARTS) is 1. The third kappa shape index (κ3) is 6.80. The number of hydrogen-bond acceptors (Lipinski definition) is 3. The summed E-state index contributed by atoms with van der Waals surface area (Å²) in [6, 6.07) is 9.43. The molecule has 0 aliphatic heterocycles. The zero-order chi connectivity index (χ0) is 22.3. The van der Waals surface area contributed by atoms with Crippen LogP contribution in [0.5, 0.6) is 0 Å². The minimum absolute atomic E-state index is 0.0467. The summed E-state index contributed by atoms with van der Waals surface area (Å²) in [5, 5.41) is 16.1. The van der Waals surface area contributed by atoms with Crippen molar-refractivity contribution >= 4 is 23.6 Å². The maximum absolute atomic E-state index is 12.7. The van der Waals surface area contributed by atoms with Gasteiger partial charge in [0.1, 0.15) is 12.1 Å². The number of amides is 3. The number of carbonyl (C=O) groups is 3. The predicted octanol–water partition coefficient (Wildman–Crippen LogP) is 3.03. The van der Waals surface area contributed by atoms with Gasteiger partial charge in [0.2, 0.25) is 5.91 Å². The van der Waals surface area contributed by atoms with Crippen LogP contribution in [0, 0.1) is 0 Å². The van der Waals surface area contributed by atoms with Gasteiger partial charge in [-0.05, 0) is 30.7 Å². The largest absolute Gasteiger partial charge is 0.480 e. The van der Waals surface area contributed by atoms with E-state index in [1.54, 1.807) is 30.3 Å².